The van der Waals surface area contributed by atoms with Gasteiger partial charge in [0.15, 0.2) is 5.96 Å². The topological polar surface area (TPSA) is 57.5 Å². The Balaban J connectivity index is 2.60. The van der Waals surface area contributed by atoms with Gasteiger partial charge in [-0.2, -0.15) is 5.10 Å². The van der Waals surface area contributed by atoms with Crippen molar-refractivity contribution >= 4 is 5.96 Å². The lowest BCUT2D eigenvalue weighted by atomic mass is 10.0. The van der Waals surface area contributed by atoms with Crippen LogP contribution in [-0.4, -0.2) is 60.4 Å². The Morgan fingerprint density at radius 2 is 1.88 bits per heavy atom. The Kier molecular flexibility index (Phi) is 8.42. The third kappa shape index (κ3) is 6.69. The average Bonchev–Trinajstić information content (AvgIpc) is 2.75. The first-order valence-corrected chi connectivity index (χ1v) is 9.28. The predicted octanol–water partition coefficient (Wildman–Crippen LogP) is 2.11. The van der Waals surface area contributed by atoms with E-state index in [-0.39, 0.29) is 6.04 Å². The second kappa shape index (κ2) is 9.80. The monoisotopic (exact) mass is 350 g/mol. The number of aliphatic imine (C=N–C) groups is 1. The van der Waals surface area contributed by atoms with Gasteiger partial charge in [-0.25, -0.2) is 0 Å². The lowest BCUT2D eigenvalue weighted by molar-refractivity contribution is 0.254. The molecule has 0 bridgehead atoms. The van der Waals surface area contributed by atoms with Crippen molar-refractivity contribution in [1.29, 1.82) is 0 Å². The van der Waals surface area contributed by atoms with Gasteiger partial charge in [-0.3, -0.25) is 9.67 Å². The molecule has 25 heavy (non-hydrogen) atoms. The molecule has 1 aromatic heterocycles. The molecule has 2 unspecified atom stereocenters. The molecule has 0 radical (unpaired) electrons. The Hall–Kier alpha value is -1.56. The number of hydrogen-bond acceptors (Lipinski definition) is 3. The summed E-state index contributed by atoms with van der Waals surface area (Å²) in [7, 11) is 8.11. The van der Waals surface area contributed by atoms with Crippen molar-refractivity contribution in [3.8, 4) is 0 Å². The molecule has 0 aliphatic carbocycles. The van der Waals surface area contributed by atoms with E-state index in [0.717, 1.165) is 24.6 Å². The number of guanidine groups is 1. The molecular weight excluding hydrogens is 312 g/mol. The number of aromatic nitrogens is 2. The van der Waals surface area contributed by atoms with Crippen molar-refractivity contribution in [2.45, 2.75) is 59.5 Å². The van der Waals surface area contributed by atoms with Crippen molar-refractivity contribution in [2.75, 3.05) is 27.7 Å². The molecule has 0 fully saturated rings. The molecule has 0 saturated carbocycles. The fraction of sp³-hybridized carbons (Fsp3) is 0.789. The first-order valence-electron chi connectivity index (χ1n) is 9.28. The van der Waals surface area contributed by atoms with Crippen LogP contribution in [0.3, 0.4) is 0 Å². The highest BCUT2D eigenvalue weighted by Crippen LogP contribution is 2.14. The standard InChI is InChI=1S/C19H38N6/c1-13(2)10-17(24(7)8)12-21-19(20-6)22-14(3)11-18-15(4)23-25(9)16(18)5/h13-14,17H,10-12H2,1-9H3,(H2,20,21,22). The van der Waals surface area contributed by atoms with Gasteiger partial charge >= 0.3 is 0 Å². The first-order chi connectivity index (χ1) is 11.6. The Bertz CT molecular complexity index is 559. The molecular formula is C19H38N6. The zero-order chi connectivity index (χ0) is 19.1. The van der Waals surface area contributed by atoms with Gasteiger partial charge in [0.25, 0.3) is 0 Å². The van der Waals surface area contributed by atoms with Crippen LogP contribution in [0.5, 0.6) is 0 Å². The highest BCUT2D eigenvalue weighted by molar-refractivity contribution is 5.80. The molecule has 6 heteroatoms. The molecule has 1 rings (SSSR count). The molecule has 0 spiro atoms. The summed E-state index contributed by atoms with van der Waals surface area (Å²) in [6.07, 6.45) is 2.11. The van der Waals surface area contributed by atoms with E-state index < -0.39 is 0 Å². The Morgan fingerprint density at radius 3 is 2.32 bits per heavy atom. The molecule has 2 atom stereocenters. The van der Waals surface area contributed by atoms with E-state index in [1.165, 1.54) is 17.7 Å². The van der Waals surface area contributed by atoms with E-state index >= 15 is 0 Å². The van der Waals surface area contributed by atoms with Gasteiger partial charge in [0.1, 0.15) is 0 Å². The van der Waals surface area contributed by atoms with E-state index in [1.807, 2.05) is 18.8 Å². The maximum atomic E-state index is 4.51. The number of nitrogens with one attached hydrogen (secondary N) is 2. The van der Waals surface area contributed by atoms with Crippen molar-refractivity contribution in [3.63, 3.8) is 0 Å². The minimum absolute atomic E-state index is 0.288. The number of aryl methyl sites for hydroxylation is 2. The summed E-state index contributed by atoms with van der Waals surface area (Å²) in [6, 6.07) is 0.785. The minimum atomic E-state index is 0.288. The van der Waals surface area contributed by atoms with Crippen LogP contribution in [0.25, 0.3) is 0 Å². The van der Waals surface area contributed by atoms with Crippen LogP contribution < -0.4 is 10.6 Å². The molecule has 144 valence electrons. The van der Waals surface area contributed by atoms with Crippen LogP contribution in [0, 0.1) is 19.8 Å². The molecule has 0 aliphatic rings. The summed E-state index contributed by atoms with van der Waals surface area (Å²) < 4.78 is 1.96. The average molecular weight is 351 g/mol. The normalized spacial score (nSPS) is 14.9. The van der Waals surface area contributed by atoms with E-state index in [9.17, 15) is 0 Å². The van der Waals surface area contributed by atoms with E-state index in [2.05, 4.69) is 74.3 Å². The minimum Gasteiger partial charge on any atom is -0.355 e. The maximum Gasteiger partial charge on any atom is 0.191 e. The quantitative estimate of drug-likeness (QED) is 0.557. The van der Waals surface area contributed by atoms with E-state index in [1.54, 1.807) is 0 Å². The predicted molar refractivity (Wildman–Crippen MR) is 107 cm³/mol. The smallest absolute Gasteiger partial charge is 0.191 e. The number of rotatable bonds is 8. The highest BCUT2D eigenvalue weighted by atomic mass is 15.3. The first kappa shape index (κ1) is 21.5. The summed E-state index contributed by atoms with van der Waals surface area (Å²) in [5.41, 5.74) is 3.67. The third-order valence-electron chi connectivity index (χ3n) is 4.75. The number of likely N-dealkylation sites (N-methyl/N-ethyl adjacent to an activating group) is 1. The van der Waals surface area contributed by atoms with Gasteiger partial charge in [-0.1, -0.05) is 13.8 Å². The molecule has 0 aromatic carbocycles. The summed E-state index contributed by atoms with van der Waals surface area (Å²) in [5, 5.41) is 11.5. The van der Waals surface area contributed by atoms with Gasteiger partial charge in [0.05, 0.1) is 5.69 Å². The molecule has 0 amide bonds. The lowest BCUT2D eigenvalue weighted by Gasteiger charge is -2.27. The Labute approximate surface area is 154 Å². The van der Waals surface area contributed by atoms with Crippen LogP contribution in [0.1, 0.15) is 44.1 Å². The number of nitrogens with zero attached hydrogens (tertiary/aromatic N) is 4. The third-order valence-corrected chi connectivity index (χ3v) is 4.75. The van der Waals surface area contributed by atoms with Gasteiger partial charge in [0.2, 0.25) is 0 Å². The molecule has 1 heterocycles. The van der Waals surface area contributed by atoms with Crippen molar-refractivity contribution < 1.29 is 0 Å². The molecule has 1 aromatic rings. The molecule has 0 saturated heterocycles. The fourth-order valence-electron chi connectivity index (χ4n) is 3.13. The summed E-state index contributed by atoms with van der Waals surface area (Å²) >= 11 is 0. The number of hydrogen-bond donors (Lipinski definition) is 2. The zero-order valence-corrected chi connectivity index (χ0v) is 17.6. The Morgan fingerprint density at radius 1 is 1.24 bits per heavy atom. The van der Waals surface area contributed by atoms with Crippen LogP contribution in [-0.2, 0) is 13.5 Å². The summed E-state index contributed by atoms with van der Waals surface area (Å²) in [4.78, 5) is 6.67. The summed E-state index contributed by atoms with van der Waals surface area (Å²) in [5.74, 6) is 1.54. The molecule has 0 aliphatic heterocycles. The van der Waals surface area contributed by atoms with Crippen molar-refractivity contribution in [3.05, 3.63) is 17.0 Å². The van der Waals surface area contributed by atoms with Crippen molar-refractivity contribution in [2.24, 2.45) is 18.0 Å². The maximum absolute atomic E-state index is 4.51. The summed E-state index contributed by atoms with van der Waals surface area (Å²) in [6.45, 7) is 11.8. The second-order valence-corrected chi connectivity index (χ2v) is 7.72. The van der Waals surface area contributed by atoms with Crippen LogP contribution in [0.15, 0.2) is 4.99 Å². The van der Waals surface area contributed by atoms with Crippen LogP contribution in [0.4, 0.5) is 0 Å². The van der Waals surface area contributed by atoms with Crippen LogP contribution >= 0.6 is 0 Å². The lowest BCUT2D eigenvalue weighted by Crippen LogP contribution is -2.48. The second-order valence-electron chi connectivity index (χ2n) is 7.72. The molecule has 2 N–H and O–H groups in total. The highest BCUT2D eigenvalue weighted by Gasteiger charge is 2.16. The van der Waals surface area contributed by atoms with E-state index in [0.29, 0.717) is 12.0 Å². The SMILES string of the molecule is CN=C(NCC(CC(C)C)N(C)C)NC(C)Cc1c(C)nn(C)c1C. The largest absolute Gasteiger partial charge is 0.355 e. The van der Waals surface area contributed by atoms with Gasteiger partial charge in [-0.05, 0) is 59.2 Å². The zero-order valence-electron chi connectivity index (χ0n) is 17.6. The van der Waals surface area contributed by atoms with Gasteiger partial charge in [0, 0.05) is 38.4 Å². The fourth-order valence-corrected chi connectivity index (χ4v) is 3.13. The molecule has 6 nitrogen and oxygen atoms in total. The van der Waals surface area contributed by atoms with E-state index in [4.69, 9.17) is 0 Å². The van der Waals surface area contributed by atoms with Crippen molar-refractivity contribution in [1.82, 2.24) is 25.3 Å². The van der Waals surface area contributed by atoms with Crippen LogP contribution in [0.2, 0.25) is 0 Å². The van der Waals surface area contributed by atoms with Gasteiger partial charge in [-0.15, -0.1) is 0 Å². The van der Waals surface area contributed by atoms with Gasteiger partial charge < -0.3 is 15.5 Å².